The summed E-state index contributed by atoms with van der Waals surface area (Å²) >= 11 is 5.95. The second kappa shape index (κ2) is 4.04. The van der Waals surface area contributed by atoms with Crippen LogP contribution in [0.4, 0.5) is 5.82 Å². The maximum absolute atomic E-state index is 5.95. The van der Waals surface area contributed by atoms with Crippen molar-refractivity contribution in [2.24, 2.45) is 0 Å². The summed E-state index contributed by atoms with van der Waals surface area (Å²) in [4.78, 5) is 4.04. The maximum Gasteiger partial charge on any atom is 0.142 e. The van der Waals surface area contributed by atoms with Gasteiger partial charge in [-0.15, -0.1) is 0 Å². The lowest BCUT2D eigenvalue weighted by Gasteiger charge is -2.25. The van der Waals surface area contributed by atoms with Crippen LogP contribution in [0.25, 0.3) is 11.3 Å². The molecule has 1 fully saturated rings. The van der Waals surface area contributed by atoms with Crippen LogP contribution in [-0.4, -0.2) is 14.8 Å². The smallest absolute Gasteiger partial charge is 0.142 e. The Morgan fingerprint density at radius 3 is 2.88 bits per heavy atom. The van der Waals surface area contributed by atoms with Gasteiger partial charge in [0.05, 0.1) is 16.8 Å². The molecule has 0 aliphatic heterocycles. The predicted octanol–water partition coefficient (Wildman–Crippen LogP) is 2.91. The normalized spacial score (nSPS) is 15.8. The molecule has 0 aromatic carbocycles. The van der Waals surface area contributed by atoms with Crippen LogP contribution < -0.4 is 5.73 Å². The first-order chi connectivity index (χ1) is 8.24. The average Bonchev–Trinajstić information content (AvgIpc) is 2.69. The van der Waals surface area contributed by atoms with E-state index in [1.54, 1.807) is 12.3 Å². The minimum absolute atomic E-state index is 0.355. The molecule has 0 atom stereocenters. The van der Waals surface area contributed by atoms with E-state index in [-0.39, 0.29) is 0 Å². The molecular weight excluding hydrogens is 236 g/mol. The number of anilines is 1. The number of halogens is 1. The molecular formula is C12H13ClN4. The molecule has 0 spiro atoms. The first-order valence-corrected chi connectivity index (χ1v) is 6.08. The molecule has 2 N–H and O–H groups in total. The number of rotatable bonds is 2. The van der Waals surface area contributed by atoms with E-state index in [0.717, 1.165) is 11.3 Å². The third-order valence-corrected chi connectivity index (χ3v) is 3.53. The van der Waals surface area contributed by atoms with Gasteiger partial charge in [-0.25, -0.2) is 4.98 Å². The Labute approximate surface area is 104 Å². The molecule has 1 aliphatic rings. The highest BCUT2D eigenvalue weighted by molar-refractivity contribution is 6.33. The number of nitrogens with zero attached hydrogens (tertiary/aromatic N) is 3. The maximum atomic E-state index is 5.95. The summed E-state index contributed by atoms with van der Waals surface area (Å²) in [6, 6.07) is 4.36. The summed E-state index contributed by atoms with van der Waals surface area (Å²) < 4.78 is 2.03. The largest absolute Gasteiger partial charge is 0.382 e. The monoisotopic (exact) mass is 248 g/mol. The van der Waals surface area contributed by atoms with E-state index in [4.69, 9.17) is 17.3 Å². The van der Waals surface area contributed by atoms with Crippen LogP contribution in [0.1, 0.15) is 25.3 Å². The Morgan fingerprint density at radius 2 is 2.24 bits per heavy atom. The van der Waals surface area contributed by atoms with Gasteiger partial charge >= 0.3 is 0 Å². The standard InChI is InChI=1S/C12H13ClN4/c13-10-6-8(7-15-12(10)14)11-4-5-17(16-11)9-2-1-3-9/h4-7,9H,1-3H2,(H2,14,15). The van der Waals surface area contributed by atoms with Gasteiger partial charge in [0, 0.05) is 18.0 Å². The second-order valence-electron chi connectivity index (χ2n) is 4.36. The first-order valence-electron chi connectivity index (χ1n) is 5.70. The number of pyridine rings is 1. The van der Waals surface area contributed by atoms with E-state index in [1.807, 2.05) is 16.9 Å². The van der Waals surface area contributed by atoms with Crippen molar-refractivity contribution in [1.29, 1.82) is 0 Å². The topological polar surface area (TPSA) is 56.7 Å². The number of aromatic nitrogens is 3. The predicted molar refractivity (Wildman–Crippen MR) is 67.8 cm³/mol. The van der Waals surface area contributed by atoms with Gasteiger partial charge in [0.15, 0.2) is 0 Å². The molecule has 0 unspecified atom stereocenters. The molecule has 1 saturated carbocycles. The molecule has 0 bridgehead atoms. The Hall–Kier alpha value is -1.55. The van der Waals surface area contributed by atoms with Crippen LogP contribution in [0, 0.1) is 0 Å². The van der Waals surface area contributed by atoms with E-state index in [9.17, 15) is 0 Å². The third-order valence-electron chi connectivity index (χ3n) is 3.22. The zero-order valence-electron chi connectivity index (χ0n) is 9.31. The van der Waals surface area contributed by atoms with Crippen LogP contribution in [0.3, 0.4) is 0 Å². The van der Waals surface area contributed by atoms with Crippen molar-refractivity contribution >= 4 is 17.4 Å². The molecule has 88 valence electrons. The van der Waals surface area contributed by atoms with Gasteiger partial charge in [-0.2, -0.15) is 5.10 Å². The number of nitrogens with two attached hydrogens (primary N) is 1. The zero-order valence-corrected chi connectivity index (χ0v) is 10.1. The lowest BCUT2D eigenvalue weighted by molar-refractivity contribution is 0.290. The molecule has 0 amide bonds. The summed E-state index contributed by atoms with van der Waals surface area (Å²) in [6.07, 6.45) is 7.47. The van der Waals surface area contributed by atoms with Crippen molar-refractivity contribution < 1.29 is 0 Å². The highest BCUT2D eigenvalue weighted by atomic mass is 35.5. The average molecular weight is 249 g/mol. The van der Waals surface area contributed by atoms with Crippen LogP contribution >= 0.6 is 11.6 Å². The van der Waals surface area contributed by atoms with Gasteiger partial charge in [0.2, 0.25) is 0 Å². The number of hydrogen-bond acceptors (Lipinski definition) is 3. The quantitative estimate of drug-likeness (QED) is 0.889. The van der Waals surface area contributed by atoms with Crippen molar-refractivity contribution in [3.8, 4) is 11.3 Å². The summed E-state index contributed by atoms with van der Waals surface area (Å²) in [5.41, 5.74) is 7.38. The molecule has 4 nitrogen and oxygen atoms in total. The molecule has 2 heterocycles. The summed E-state index contributed by atoms with van der Waals surface area (Å²) in [6.45, 7) is 0. The lowest BCUT2D eigenvalue weighted by atomic mass is 9.93. The Bertz CT molecular complexity index is 545. The number of nitrogen functional groups attached to an aromatic ring is 1. The fourth-order valence-electron chi connectivity index (χ4n) is 1.94. The molecule has 17 heavy (non-hydrogen) atoms. The molecule has 2 aromatic heterocycles. The fraction of sp³-hybridized carbons (Fsp3) is 0.333. The van der Waals surface area contributed by atoms with E-state index < -0.39 is 0 Å². The van der Waals surface area contributed by atoms with Gasteiger partial charge in [-0.3, -0.25) is 4.68 Å². The van der Waals surface area contributed by atoms with Gasteiger partial charge in [-0.1, -0.05) is 11.6 Å². The molecule has 0 saturated heterocycles. The molecule has 1 aliphatic carbocycles. The summed E-state index contributed by atoms with van der Waals surface area (Å²) in [5, 5.41) is 5.02. The Kier molecular flexibility index (Phi) is 2.52. The van der Waals surface area contributed by atoms with Crippen molar-refractivity contribution in [2.75, 3.05) is 5.73 Å². The van der Waals surface area contributed by atoms with Gasteiger partial charge < -0.3 is 5.73 Å². The third kappa shape index (κ3) is 1.89. The number of hydrogen-bond donors (Lipinski definition) is 1. The molecule has 0 radical (unpaired) electrons. The summed E-state index contributed by atoms with van der Waals surface area (Å²) in [5.74, 6) is 0.355. The van der Waals surface area contributed by atoms with Gasteiger partial charge in [-0.05, 0) is 31.4 Å². The molecule has 3 rings (SSSR count). The minimum Gasteiger partial charge on any atom is -0.382 e. The Morgan fingerprint density at radius 1 is 1.41 bits per heavy atom. The zero-order chi connectivity index (χ0) is 11.8. The molecule has 5 heteroatoms. The van der Waals surface area contributed by atoms with E-state index in [1.165, 1.54) is 19.3 Å². The highest BCUT2D eigenvalue weighted by Crippen LogP contribution is 2.32. The van der Waals surface area contributed by atoms with Crippen molar-refractivity contribution in [3.63, 3.8) is 0 Å². The molecule has 2 aromatic rings. The van der Waals surface area contributed by atoms with Gasteiger partial charge in [0.25, 0.3) is 0 Å². The minimum atomic E-state index is 0.355. The van der Waals surface area contributed by atoms with Crippen LogP contribution in [-0.2, 0) is 0 Å². The van der Waals surface area contributed by atoms with Crippen LogP contribution in [0.2, 0.25) is 5.02 Å². The van der Waals surface area contributed by atoms with Crippen molar-refractivity contribution in [2.45, 2.75) is 25.3 Å². The van der Waals surface area contributed by atoms with Crippen molar-refractivity contribution in [3.05, 3.63) is 29.5 Å². The van der Waals surface area contributed by atoms with E-state index in [2.05, 4.69) is 10.1 Å². The van der Waals surface area contributed by atoms with E-state index in [0.29, 0.717) is 16.9 Å². The second-order valence-corrected chi connectivity index (χ2v) is 4.76. The van der Waals surface area contributed by atoms with Gasteiger partial charge in [0.1, 0.15) is 5.82 Å². The highest BCUT2D eigenvalue weighted by Gasteiger charge is 2.20. The SMILES string of the molecule is Nc1ncc(-c2ccn(C3CCC3)n2)cc1Cl. The van der Waals surface area contributed by atoms with Crippen LogP contribution in [0.5, 0.6) is 0 Å². The Balaban J connectivity index is 1.92. The lowest BCUT2D eigenvalue weighted by Crippen LogP contribution is -2.17. The van der Waals surface area contributed by atoms with Crippen molar-refractivity contribution in [1.82, 2.24) is 14.8 Å². The fourth-order valence-corrected chi connectivity index (χ4v) is 2.10. The van der Waals surface area contributed by atoms with E-state index >= 15 is 0 Å². The summed E-state index contributed by atoms with van der Waals surface area (Å²) in [7, 11) is 0. The van der Waals surface area contributed by atoms with Crippen LogP contribution in [0.15, 0.2) is 24.5 Å². The first kappa shape index (κ1) is 10.6.